The summed E-state index contributed by atoms with van der Waals surface area (Å²) in [5.74, 6) is 0.870. The maximum Gasteiger partial charge on any atom is 0.224 e. The van der Waals surface area contributed by atoms with Crippen LogP contribution in [0.1, 0.15) is 18.4 Å². The van der Waals surface area contributed by atoms with Crippen LogP contribution in [0.3, 0.4) is 0 Å². The van der Waals surface area contributed by atoms with Gasteiger partial charge in [0.2, 0.25) is 5.91 Å². The normalized spacial score (nSPS) is 18.1. The van der Waals surface area contributed by atoms with Gasteiger partial charge in [0.05, 0.1) is 6.42 Å². The van der Waals surface area contributed by atoms with Gasteiger partial charge in [0.1, 0.15) is 0 Å². The van der Waals surface area contributed by atoms with Gasteiger partial charge in [0, 0.05) is 6.54 Å². The van der Waals surface area contributed by atoms with Crippen molar-refractivity contribution in [1.82, 2.24) is 10.6 Å². The van der Waals surface area contributed by atoms with Crippen LogP contribution in [0.15, 0.2) is 30.3 Å². The summed E-state index contributed by atoms with van der Waals surface area (Å²) in [5, 5.41) is 6.33. The van der Waals surface area contributed by atoms with Gasteiger partial charge in [-0.05, 0) is 37.4 Å². The number of nitrogens with one attached hydrogen (secondary N) is 2. The van der Waals surface area contributed by atoms with Gasteiger partial charge in [-0.2, -0.15) is 0 Å². The zero-order chi connectivity index (χ0) is 11.9. The molecule has 3 nitrogen and oxygen atoms in total. The van der Waals surface area contributed by atoms with E-state index in [2.05, 4.69) is 10.6 Å². The second kappa shape index (κ2) is 8.11. The Hall–Kier alpha value is -1.06. The number of carbonyl (C=O) groups excluding carboxylic acids is 1. The SMILES string of the molecule is Cl.O=C(Cc1ccccc1)NCCC1CCNC1. The molecule has 1 aliphatic heterocycles. The molecule has 1 atom stereocenters. The first-order chi connectivity index (χ1) is 8.34. The van der Waals surface area contributed by atoms with Gasteiger partial charge >= 0.3 is 0 Å². The Morgan fingerprint density at radius 2 is 2.11 bits per heavy atom. The first-order valence-corrected chi connectivity index (χ1v) is 6.36. The minimum absolute atomic E-state index is 0. The van der Waals surface area contributed by atoms with Gasteiger partial charge in [-0.25, -0.2) is 0 Å². The number of hydrogen-bond acceptors (Lipinski definition) is 2. The molecule has 1 aromatic carbocycles. The Morgan fingerprint density at radius 3 is 2.78 bits per heavy atom. The molecular weight excluding hydrogens is 248 g/mol. The van der Waals surface area contributed by atoms with E-state index in [9.17, 15) is 4.79 Å². The topological polar surface area (TPSA) is 41.1 Å². The quantitative estimate of drug-likeness (QED) is 0.855. The summed E-state index contributed by atoms with van der Waals surface area (Å²) in [5.41, 5.74) is 1.08. The molecule has 1 aliphatic rings. The monoisotopic (exact) mass is 268 g/mol. The van der Waals surface area contributed by atoms with Gasteiger partial charge in [-0.15, -0.1) is 12.4 Å². The largest absolute Gasteiger partial charge is 0.356 e. The van der Waals surface area contributed by atoms with Crippen molar-refractivity contribution in [3.8, 4) is 0 Å². The summed E-state index contributed by atoms with van der Waals surface area (Å²) >= 11 is 0. The predicted octanol–water partition coefficient (Wildman–Crippen LogP) is 1.77. The van der Waals surface area contributed by atoms with Crippen LogP contribution < -0.4 is 10.6 Å². The van der Waals surface area contributed by atoms with E-state index in [4.69, 9.17) is 0 Å². The van der Waals surface area contributed by atoms with Crippen LogP contribution in [0.4, 0.5) is 0 Å². The highest BCUT2D eigenvalue weighted by Crippen LogP contribution is 2.10. The second-order valence-corrected chi connectivity index (χ2v) is 4.66. The van der Waals surface area contributed by atoms with Crippen LogP contribution in [-0.2, 0) is 11.2 Å². The highest BCUT2D eigenvalue weighted by molar-refractivity contribution is 5.85. The maximum absolute atomic E-state index is 11.7. The van der Waals surface area contributed by atoms with Gasteiger partial charge < -0.3 is 10.6 Å². The Labute approximate surface area is 115 Å². The molecule has 100 valence electrons. The van der Waals surface area contributed by atoms with Crippen molar-refractivity contribution in [1.29, 1.82) is 0 Å². The van der Waals surface area contributed by atoms with Crippen LogP contribution in [0.25, 0.3) is 0 Å². The number of carbonyl (C=O) groups is 1. The summed E-state index contributed by atoms with van der Waals surface area (Å²) in [4.78, 5) is 11.7. The van der Waals surface area contributed by atoms with Crippen molar-refractivity contribution in [3.63, 3.8) is 0 Å². The molecule has 4 heteroatoms. The van der Waals surface area contributed by atoms with E-state index in [1.807, 2.05) is 30.3 Å². The smallest absolute Gasteiger partial charge is 0.224 e. The van der Waals surface area contributed by atoms with Crippen LogP contribution >= 0.6 is 12.4 Å². The molecule has 0 bridgehead atoms. The van der Waals surface area contributed by atoms with Crippen LogP contribution in [0, 0.1) is 5.92 Å². The van der Waals surface area contributed by atoms with Gasteiger partial charge in [-0.1, -0.05) is 30.3 Å². The van der Waals surface area contributed by atoms with E-state index in [1.165, 1.54) is 6.42 Å². The number of rotatable bonds is 5. The Bertz CT molecular complexity index is 350. The lowest BCUT2D eigenvalue weighted by molar-refractivity contribution is -0.120. The third-order valence-corrected chi connectivity index (χ3v) is 3.24. The van der Waals surface area contributed by atoms with Gasteiger partial charge in [0.15, 0.2) is 0 Å². The lowest BCUT2D eigenvalue weighted by Gasteiger charge is -2.09. The third-order valence-electron chi connectivity index (χ3n) is 3.24. The predicted molar refractivity (Wildman–Crippen MR) is 76.0 cm³/mol. The standard InChI is InChI=1S/C14H20N2O.ClH/c17-14(10-12-4-2-1-3-5-12)16-9-7-13-6-8-15-11-13;/h1-5,13,15H,6-11H2,(H,16,17);1H. The summed E-state index contributed by atoms with van der Waals surface area (Å²) in [6.07, 6.45) is 2.83. The molecule has 0 radical (unpaired) electrons. The molecular formula is C14H21ClN2O. The molecule has 2 N–H and O–H groups in total. The van der Waals surface area contributed by atoms with Gasteiger partial charge in [0.25, 0.3) is 0 Å². The highest BCUT2D eigenvalue weighted by atomic mass is 35.5. The fourth-order valence-electron chi connectivity index (χ4n) is 2.22. The van der Waals surface area contributed by atoms with Crippen molar-refractivity contribution < 1.29 is 4.79 Å². The minimum Gasteiger partial charge on any atom is -0.356 e. The molecule has 0 spiro atoms. The molecule has 0 saturated carbocycles. The van der Waals surface area contributed by atoms with E-state index >= 15 is 0 Å². The van der Waals surface area contributed by atoms with Crippen LogP contribution in [-0.4, -0.2) is 25.5 Å². The Kier molecular flexibility index (Phi) is 6.76. The third kappa shape index (κ3) is 5.07. The molecule has 2 rings (SSSR count). The number of halogens is 1. The van der Waals surface area contributed by atoms with E-state index in [0.29, 0.717) is 6.42 Å². The summed E-state index contributed by atoms with van der Waals surface area (Å²) in [6.45, 7) is 3.04. The first-order valence-electron chi connectivity index (χ1n) is 6.36. The summed E-state index contributed by atoms with van der Waals surface area (Å²) in [7, 11) is 0. The summed E-state index contributed by atoms with van der Waals surface area (Å²) < 4.78 is 0. The van der Waals surface area contributed by atoms with Crippen molar-refractivity contribution in [2.24, 2.45) is 5.92 Å². The fourth-order valence-corrected chi connectivity index (χ4v) is 2.22. The fraction of sp³-hybridized carbons (Fsp3) is 0.500. The molecule has 1 heterocycles. The molecule has 1 saturated heterocycles. The van der Waals surface area contributed by atoms with Crippen molar-refractivity contribution in [2.45, 2.75) is 19.3 Å². The zero-order valence-corrected chi connectivity index (χ0v) is 11.3. The van der Waals surface area contributed by atoms with Crippen molar-refractivity contribution in [2.75, 3.05) is 19.6 Å². The van der Waals surface area contributed by atoms with E-state index in [0.717, 1.165) is 37.5 Å². The zero-order valence-electron chi connectivity index (χ0n) is 10.5. The summed E-state index contributed by atoms with van der Waals surface area (Å²) in [6, 6.07) is 9.87. The van der Waals surface area contributed by atoms with Crippen molar-refractivity contribution in [3.05, 3.63) is 35.9 Å². The molecule has 0 aliphatic carbocycles. The van der Waals surface area contributed by atoms with E-state index in [-0.39, 0.29) is 18.3 Å². The molecule has 1 fully saturated rings. The molecule has 1 unspecified atom stereocenters. The lowest BCUT2D eigenvalue weighted by atomic mass is 10.1. The van der Waals surface area contributed by atoms with Crippen LogP contribution in [0.2, 0.25) is 0 Å². The molecule has 0 aromatic heterocycles. The number of benzene rings is 1. The maximum atomic E-state index is 11.7. The average Bonchev–Trinajstić information content (AvgIpc) is 2.83. The highest BCUT2D eigenvalue weighted by Gasteiger charge is 2.13. The minimum atomic E-state index is 0. The number of amides is 1. The Balaban J connectivity index is 0.00000162. The first kappa shape index (κ1) is 15.0. The molecule has 18 heavy (non-hydrogen) atoms. The second-order valence-electron chi connectivity index (χ2n) is 4.66. The Morgan fingerprint density at radius 1 is 1.33 bits per heavy atom. The number of hydrogen-bond donors (Lipinski definition) is 2. The van der Waals surface area contributed by atoms with E-state index in [1.54, 1.807) is 0 Å². The lowest BCUT2D eigenvalue weighted by Crippen LogP contribution is -2.27. The van der Waals surface area contributed by atoms with Gasteiger partial charge in [-0.3, -0.25) is 4.79 Å². The molecule has 1 amide bonds. The van der Waals surface area contributed by atoms with E-state index < -0.39 is 0 Å². The molecule has 1 aromatic rings. The average molecular weight is 269 g/mol. The van der Waals surface area contributed by atoms with Crippen LogP contribution in [0.5, 0.6) is 0 Å². The van der Waals surface area contributed by atoms with Crippen molar-refractivity contribution >= 4 is 18.3 Å².